The van der Waals surface area contributed by atoms with Crippen LogP contribution in [0.3, 0.4) is 0 Å². The van der Waals surface area contributed by atoms with Crippen LogP contribution < -0.4 is 0 Å². The summed E-state index contributed by atoms with van der Waals surface area (Å²) >= 11 is 3.43. The third-order valence-corrected chi connectivity index (χ3v) is 4.03. The zero-order valence-electron chi connectivity index (χ0n) is 10.4. The average molecular weight is 327 g/mol. The van der Waals surface area contributed by atoms with Crippen LogP contribution in [0.1, 0.15) is 27.3 Å². The first kappa shape index (κ1) is 13.7. The molecule has 0 fully saturated rings. The highest BCUT2D eigenvalue weighted by Gasteiger charge is 2.13. The van der Waals surface area contributed by atoms with Gasteiger partial charge in [-0.3, -0.25) is 4.68 Å². The number of aromatic nitrogens is 2. The maximum Gasteiger partial charge on any atom is 0.338 e. The molecule has 19 heavy (non-hydrogen) atoms. The molecular formula is C13H12BrFN2O2. The molecule has 0 aliphatic carbocycles. The number of aromatic carboxylic acids is 1. The topological polar surface area (TPSA) is 55.1 Å². The van der Waals surface area contributed by atoms with Crippen LogP contribution in [-0.4, -0.2) is 20.9 Å². The molecule has 0 saturated carbocycles. The molecule has 4 nitrogen and oxygen atoms in total. The summed E-state index contributed by atoms with van der Waals surface area (Å²) in [6.07, 6.45) is 0. The van der Waals surface area contributed by atoms with Gasteiger partial charge in [-0.05, 0) is 47.5 Å². The van der Waals surface area contributed by atoms with Gasteiger partial charge in [-0.25, -0.2) is 9.18 Å². The average Bonchev–Trinajstić information content (AvgIpc) is 2.59. The number of aryl methyl sites for hydroxylation is 1. The van der Waals surface area contributed by atoms with E-state index in [-0.39, 0.29) is 5.56 Å². The number of nitrogens with zero attached hydrogens (tertiary/aromatic N) is 2. The second kappa shape index (κ2) is 5.13. The lowest BCUT2D eigenvalue weighted by Crippen LogP contribution is -2.07. The number of carbonyl (C=O) groups is 1. The Labute approximate surface area is 118 Å². The Hall–Kier alpha value is -1.69. The number of carboxylic acid groups (broad SMARTS) is 1. The molecule has 2 rings (SSSR count). The van der Waals surface area contributed by atoms with E-state index in [0.717, 1.165) is 15.9 Å². The summed E-state index contributed by atoms with van der Waals surface area (Å²) in [6, 6.07) is 4.06. The van der Waals surface area contributed by atoms with Crippen LogP contribution in [0, 0.1) is 19.7 Å². The Morgan fingerprint density at radius 2 is 2.16 bits per heavy atom. The van der Waals surface area contributed by atoms with Gasteiger partial charge in [0.25, 0.3) is 0 Å². The van der Waals surface area contributed by atoms with Gasteiger partial charge < -0.3 is 5.11 Å². The minimum atomic E-state index is -1.27. The molecule has 0 bridgehead atoms. The minimum absolute atomic E-state index is 0.321. The highest BCUT2D eigenvalue weighted by molar-refractivity contribution is 9.10. The monoisotopic (exact) mass is 326 g/mol. The molecule has 0 amide bonds. The normalized spacial score (nSPS) is 10.7. The second-order valence-corrected chi connectivity index (χ2v) is 5.05. The summed E-state index contributed by atoms with van der Waals surface area (Å²) < 4.78 is 16.0. The van der Waals surface area contributed by atoms with Crippen LogP contribution in [0.4, 0.5) is 4.39 Å². The van der Waals surface area contributed by atoms with E-state index in [2.05, 4.69) is 21.0 Å². The SMILES string of the molecule is Cc1nn(Cc2ccc(F)c(C(=O)O)c2)c(C)c1Br. The van der Waals surface area contributed by atoms with Crippen molar-refractivity contribution in [3.8, 4) is 0 Å². The van der Waals surface area contributed by atoms with Crippen LogP contribution in [0.5, 0.6) is 0 Å². The van der Waals surface area contributed by atoms with Crippen molar-refractivity contribution in [1.29, 1.82) is 0 Å². The standard InChI is InChI=1S/C13H12BrFN2O2/c1-7-12(14)8(2)17(16-7)6-9-3-4-11(15)10(5-9)13(18)19/h3-5H,6H2,1-2H3,(H,18,19). The Morgan fingerprint density at radius 3 is 2.68 bits per heavy atom. The van der Waals surface area contributed by atoms with E-state index in [1.807, 2.05) is 13.8 Å². The van der Waals surface area contributed by atoms with Gasteiger partial charge in [0.15, 0.2) is 0 Å². The molecule has 100 valence electrons. The van der Waals surface area contributed by atoms with Gasteiger partial charge in [-0.15, -0.1) is 0 Å². The van der Waals surface area contributed by atoms with Crippen LogP contribution in [0.15, 0.2) is 22.7 Å². The van der Waals surface area contributed by atoms with Crippen molar-refractivity contribution >= 4 is 21.9 Å². The van der Waals surface area contributed by atoms with E-state index in [9.17, 15) is 9.18 Å². The van der Waals surface area contributed by atoms with Gasteiger partial charge in [-0.1, -0.05) is 6.07 Å². The molecule has 0 atom stereocenters. The van der Waals surface area contributed by atoms with Crippen LogP contribution >= 0.6 is 15.9 Å². The Morgan fingerprint density at radius 1 is 1.47 bits per heavy atom. The third-order valence-electron chi connectivity index (χ3n) is 2.89. The van der Waals surface area contributed by atoms with Crippen LogP contribution in [-0.2, 0) is 6.54 Å². The van der Waals surface area contributed by atoms with E-state index < -0.39 is 11.8 Å². The smallest absolute Gasteiger partial charge is 0.338 e. The molecule has 0 saturated heterocycles. The van der Waals surface area contributed by atoms with Gasteiger partial charge in [0.05, 0.1) is 28.0 Å². The lowest BCUT2D eigenvalue weighted by atomic mass is 10.1. The number of halogens is 2. The largest absolute Gasteiger partial charge is 0.478 e. The van der Waals surface area contributed by atoms with E-state index in [0.29, 0.717) is 12.1 Å². The van der Waals surface area contributed by atoms with Crippen molar-refractivity contribution in [2.24, 2.45) is 0 Å². The van der Waals surface area contributed by atoms with Crippen molar-refractivity contribution in [3.05, 3.63) is 51.0 Å². The predicted molar refractivity (Wildman–Crippen MR) is 71.9 cm³/mol. The Bertz CT molecular complexity index is 652. The van der Waals surface area contributed by atoms with E-state index >= 15 is 0 Å². The van der Waals surface area contributed by atoms with Crippen molar-refractivity contribution in [3.63, 3.8) is 0 Å². The first-order valence-electron chi connectivity index (χ1n) is 5.61. The second-order valence-electron chi connectivity index (χ2n) is 4.26. The molecule has 1 N–H and O–H groups in total. The van der Waals surface area contributed by atoms with Gasteiger partial charge in [0.1, 0.15) is 5.82 Å². The number of hydrogen-bond donors (Lipinski definition) is 1. The van der Waals surface area contributed by atoms with E-state index in [1.165, 1.54) is 12.1 Å². The van der Waals surface area contributed by atoms with E-state index in [1.54, 1.807) is 10.7 Å². The highest BCUT2D eigenvalue weighted by atomic mass is 79.9. The summed E-state index contributed by atoms with van der Waals surface area (Å²) in [6.45, 7) is 4.19. The van der Waals surface area contributed by atoms with Gasteiger partial charge in [0.2, 0.25) is 0 Å². The molecule has 0 radical (unpaired) electrons. The minimum Gasteiger partial charge on any atom is -0.478 e. The zero-order valence-corrected chi connectivity index (χ0v) is 12.0. The number of benzene rings is 1. The summed E-state index contributed by atoms with van der Waals surface area (Å²) in [5, 5.41) is 13.2. The van der Waals surface area contributed by atoms with Crippen molar-refractivity contribution in [1.82, 2.24) is 9.78 Å². The van der Waals surface area contributed by atoms with Gasteiger partial charge in [0, 0.05) is 0 Å². The molecule has 0 aliphatic rings. The Balaban J connectivity index is 2.36. The van der Waals surface area contributed by atoms with Crippen molar-refractivity contribution < 1.29 is 14.3 Å². The summed E-state index contributed by atoms with van der Waals surface area (Å²) in [5.41, 5.74) is 2.17. The van der Waals surface area contributed by atoms with E-state index in [4.69, 9.17) is 5.11 Å². The molecule has 0 unspecified atom stereocenters. The maximum atomic E-state index is 13.3. The summed E-state index contributed by atoms with van der Waals surface area (Å²) in [4.78, 5) is 10.9. The first-order chi connectivity index (χ1) is 8.90. The molecule has 1 aromatic heterocycles. The molecule has 0 spiro atoms. The summed E-state index contributed by atoms with van der Waals surface area (Å²) in [7, 11) is 0. The summed E-state index contributed by atoms with van der Waals surface area (Å²) in [5.74, 6) is -2.00. The number of carboxylic acids is 1. The predicted octanol–water partition coefficient (Wildman–Crippen LogP) is 3.15. The zero-order chi connectivity index (χ0) is 14.2. The third kappa shape index (κ3) is 2.68. The lowest BCUT2D eigenvalue weighted by molar-refractivity contribution is 0.0691. The number of hydrogen-bond acceptors (Lipinski definition) is 2. The molecule has 1 aromatic carbocycles. The first-order valence-corrected chi connectivity index (χ1v) is 6.40. The van der Waals surface area contributed by atoms with Crippen LogP contribution in [0.25, 0.3) is 0 Å². The quantitative estimate of drug-likeness (QED) is 0.942. The van der Waals surface area contributed by atoms with Crippen molar-refractivity contribution in [2.75, 3.05) is 0 Å². The fraction of sp³-hybridized carbons (Fsp3) is 0.231. The van der Waals surface area contributed by atoms with Gasteiger partial charge in [-0.2, -0.15) is 5.10 Å². The molecule has 2 aromatic rings. The van der Waals surface area contributed by atoms with Crippen molar-refractivity contribution in [2.45, 2.75) is 20.4 Å². The van der Waals surface area contributed by atoms with Crippen LogP contribution in [0.2, 0.25) is 0 Å². The molecule has 0 aliphatic heterocycles. The maximum absolute atomic E-state index is 13.3. The molecular weight excluding hydrogens is 315 g/mol. The molecule has 1 heterocycles. The molecule has 6 heteroatoms. The van der Waals surface area contributed by atoms with Gasteiger partial charge >= 0.3 is 5.97 Å². The lowest BCUT2D eigenvalue weighted by Gasteiger charge is -2.06. The number of rotatable bonds is 3. The Kier molecular flexibility index (Phi) is 3.71. The fourth-order valence-electron chi connectivity index (χ4n) is 1.84. The fourth-order valence-corrected chi connectivity index (χ4v) is 2.12. The highest BCUT2D eigenvalue weighted by Crippen LogP contribution is 2.21.